The highest BCUT2D eigenvalue weighted by atomic mass is 16.2. The third-order valence-corrected chi connectivity index (χ3v) is 2.74. The molecule has 0 atom stereocenters. The van der Waals surface area contributed by atoms with Gasteiger partial charge in [0.25, 0.3) is 5.91 Å². The van der Waals surface area contributed by atoms with E-state index < -0.39 is 0 Å². The van der Waals surface area contributed by atoms with E-state index in [-0.39, 0.29) is 30.9 Å². The monoisotopic (exact) mass is 272 g/mol. The molecular formula is C14H16N4O2. The van der Waals surface area contributed by atoms with Gasteiger partial charge in [0.15, 0.2) is 0 Å². The van der Waals surface area contributed by atoms with Crippen LogP contribution in [0.15, 0.2) is 18.5 Å². The van der Waals surface area contributed by atoms with E-state index in [1.54, 1.807) is 6.07 Å². The molecule has 104 valence electrons. The normalized spacial score (nSPS) is 13.1. The molecule has 1 aromatic rings. The largest absolute Gasteiger partial charge is 0.352 e. The fourth-order valence-corrected chi connectivity index (χ4v) is 1.60. The summed E-state index contributed by atoms with van der Waals surface area (Å²) in [6.45, 7) is 0.168. The average molecular weight is 272 g/mol. The van der Waals surface area contributed by atoms with Crippen LogP contribution in [0.25, 0.3) is 0 Å². The second-order valence-corrected chi connectivity index (χ2v) is 4.45. The Bertz CT molecular complexity index is 570. The van der Waals surface area contributed by atoms with Crippen LogP contribution in [-0.4, -0.2) is 35.9 Å². The summed E-state index contributed by atoms with van der Waals surface area (Å²) < 4.78 is 0. The lowest BCUT2D eigenvalue weighted by Crippen LogP contribution is -2.38. The lowest BCUT2D eigenvalue weighted by Gasteiger charge is -2.07. The molecular weight excluding hydrogens is 256 g/mol. The number of nitrogens with two attached hydrogens (primary N) is 1. The van der Waals surface area contributed by atoms with Crippen LogP contribution in [0.5, 0.6) is 0 Å². The number of hydrogen-bond donors (Lipinski definition) is 3. The van der Waals surface area contributed by atoms with Crippen LogP contribution in [0.3, 0.4) is 0 Å². The number of nitrogens with zero attached hydrogens (tertiary/aromatic N) is 1. The molecule has 1 heterocycles. The van der Waals surface area contributed by atoms with Crippen molar-refractivity contribution in [1.82, 2.24) is 15.6 Å². The maximum atomic E-state index is 12.0. The highest BCUT2D eigenvalue weighted by Gasteiger charge is 2.23. The minimum absolute atomic E-state index is 0.0403. The fourth-order valence-electron chi connectivity index (χ4n) is 1.60. The predicted molar refractivity (Wildman–Crippen MR) is 73.7 cm³/mol. The molecule has 0 saturated heterocycles. The summed E-state index contributed by atoms with van der Waals surface area (Å²) in [4.78, 5) is 27.4. The van der Waals surface area contributed by atoms with Crippen LogP contribution < -0.4 is 16.4 Å². The standard InChI is InChI=1S/C14H16N4O2/c15-6-1-2-10-8-16-7-5-12(10)14(20)17-9-13(19)18-11-3-4-11/h5,7-8,11H,3-4,6,9,15H2,(H,17,20)(H,18,19). The zero-order valence-corrected chi connectivity index (χ0v) is 11.0. The number of carbonyl (C=O) groups excluding carboxylic acids is 2. The van der Waals surface area contributed by atoms with Crippen molar-refractivity contribution in [3.8, 4) is 11.8 Å². The number of pyridine rings is 1. The van der Waals surface area contributed by atoms with E-state index in [0.29, 0.717) is 11.1 Å². The SMILES string of the molecule is NCC#Cc1cnccc1C(=O)NCC(=O)NC1CC1. The van der Waals surface area contributed by atoms with Crippen molar-refractivity contribution >= 4 is 11.8 Å². The number of nitrogens with one attached hydrogen (secondary N) is 2. The van der Waals surface area contributed by atoms with Gasteiger partial charge >= 0.3 is 0 Å². The van der Waals surface area contributed by atoms with Crippen LogP contribution >= 0.6 is 0 Å². The Morgan fingerprint density at radius 2 is 2.25 bits per heavy atom. The highest BCUT2D eigenvalue weighted by molar-refractivity contribution is 5.98. The van der Waals surface area contributed by atoms with Crippen molar-refractivity contribution < 1.29 is 9.59 Å². The van der Waals surface area contributed by atoms with Crippen molar-refractivity contribution in [2.45, 2.75) is 18.9 Å². The Kier molecular flexibility index (Phi) is 4.69. The molecule has 0 spiro atoms. The van der Waals surface area contributed by atoms with E-state index in [4.69, 9.17) is 5.73 Å². The summed E-state index contributed by atoms with van der Waals surface area (Å²) >= 11 is 0. The Morgan fingerprint density at radius 3 is 2.95 bits per heavy atom. The molecule has 1 aromatic heterocycles. The molecule has 0 aromatic carbocycles. The first-order valence-corrected chi connectivity index (χ1v) is 6.41. The quantitative estimate of drug-likeness (QED) is 0.638. The van der Waals surface area contributed by atoms with Crippen molar-refractivity contribution in [2.75, 3.05) is 13.1 Å². The smallest absolute Gasteiger partial charge is 0.253 e. The maximum absolute atomic E-state index is 12.0. The van der Waals surface area contributed by atoms with E-state index in [2.05, 4.69) is 27.5 Å². The van der Waals surface area contributed by atoms with Gasteiger partial charge in [0, 0.05) is 18.4 Å². The molecule has 20 heavy (non-hydrogen) atoms. The van der Waals surface area contributed by atoms with Gasteiger partial charge in [0.1, 0.15) is 0 Å². The summed E-state index contributed by atoms with van der Waals surface area (Å²) in [5.41, 5.74) is 6.19. The van der Waals surface area contributed by atoms with Crippen LogP contribution in [-0.2, 0) is 4.79 Å². The molecule has 0 radical (unpaired) electrons. The topological polar surface area (TPSA) is 97.1 Å². The van der Waals surface area contributed by atoms with E-state index >= 15 is 0 Å². The van der Waals surface area contributed by atoms with Gasteiger partial charge in [-0.25, -0.2) is 0 Å². The lowest BCUT2D eigenvalue weighted by molar-refractivity contribution is -0.120. The van der Waals surface area contributed by atoms with Gasteiger partial charge in [-0.05, 0) is 18.9 Å². The van der Waals surface area contributed by atoms with Gasteiger partial charge in [0.05, 0.1) is 24.2 Å². The first-order chi connectivity index (χ1) is 9.70. The molecule has 6 nitrogen and oxygen atoms in total. The second kappa shape index (κ2) is 6.68. The van der Waals surface area contributed by atoms with Gasteiger partial charge in [-0.15, -0.1) is 0 Å². The second-order valence-electron chi connectivity index (χ2n) is 4.45. The lowest BCUT2D eigenvalue weighted by atomic mass is 10.1. The first-order valence-electron chi connectivity index (χ1n) is 6.41. The molecule has 2 amide bonds. The van der Waals surface area contributed by atoms with Gasteiger partial charge in [0.2, 0.25) is 5.91 Å². The van der Waals surface area contributed by atoms with Crippen molar-refractivity contribution in [1.29, 1.82) is 0 Å². The summed E-state index contributed by atoms with van der Waals surface area (Å²) in [5.74, 6) is 4.94. The molecule has 0 aliphatic heterocycles. The number of amides is 2. The molecule has 6 heteroatoms. The summed E-state index contributed by atoms with van der Waals surface area (Å²) in [5, 5.41) is 5.37. The van der Waals surface area contributed by atoms with E-state index in [1.165, 1.54) is 12.4 Å². The summed E-state index contributed by atoms with van der Waals surface area (Å²) in [6, 6.07) is 1.85. The minimum Gasteiger partial charge on any atom is -0.352 e. The molecule has 1 saturated carbocycles. The Morgan fingerprint density at radius 1 is 1.45 bits per heavy atom. The number of hydrogen-bond acceptors (Lipinski definition) is 4. The van der Waals surface area contributed by atoms with Crippen LogP contribution in [0.4, 0.5) is 0 Å². The number of carbonyl (C=O) groups is 2. The molecule has 1 aliphatic rings. The Labute approximate surface area is 117 Å². The third-order valence-electron chi connectivity index (χ3n) is 2.74. The molecule has 1 fully saturated rings. The van der Waals surface area contributed by atoms with Crippen molar-refractivity contribution in [3.05, 3.63) is 29.6 Å². The molecule has 0 bridgehead atoms. The fraction of sp³-hybridized carbons (Fsp3) is 0.357. The molecule has 4 N–H and O–H groups in total. The maximum Gasteiger partial charge on any atom is 0.253 e. The highest BCUT2D eigenvalue weighted by Crippen LogP contribution is 2.18. The summed E-state index contributed by atoms with van der Waals surface area (Å²) in [7, 11) is 0. The summed E-state index contributed by atoms with van der Waals surface area (Å²) in [6.07, 6.45) is 5.04. The Balaban J connectivity index is 1.95. The van der Waals surface area contributed by atoms with Crippen molar-refractivity contribution in [2.24, 2.45) is 5.73 Å². The molecule has 0 unspecified atom stereocenters. The number of aromatic nitrogens is 1. The number of rotatable bonds is 4. The van der Waals surface area contributed by atoms with Gasteiger partial charge in [-0.2, -0.15) is 0 Å². The third kappa shape index (κ3) is 4.07. The molecule has 1 aliphatic carbocycles. The van der Waals surface area contributed by atoms with Crippen LogP contribution in [0.2, 0.25) is 0 Å². The Hall–Kier alpha value is -2.39. The van der Waals surface area contributed by atoms with E-state index in [0.717, 1.165) is 12.8 Å². The zero-order chi connectivity index (χ0) is 14.4. The van der Waals surface area contributed by atoms with Crippen LogP contribution in [0, 0.1) is 11.8 Å². The van der Waals surface area contributed by atoms with Crippen molar-refractivity contribution in [3.63, 3.8) is 0 Å². The van der Waals surface area contributed by atoms with E-state index in [1.807, 2.05) is 0 Å². The van der Waals surface area contributed by atoms with Gasteiger partial charge < -0.3 is 16.4 Å². The average Bonchev–Trinajstić information content (AvgIpc) is 3.26. The minimum atomic E-state index is -0.348. The molecule has 2 rings (SSSR count). The first kappa shape index (κ1) is 14.0. The van der Waals surface area contributed by atoms with Gasteiger partial charge in [-0.3, -0.25) is 14.6 Å². The predicted octanol–water partition coefficient (Wildman–Crippen LogP) is -0.600. The van der Waals surface area contributed by atoms with Crippen LogP contribution in [0.1, 0.15) is 28.8 Å². The van der Waals surface area contributed by atoms with E-state index in [9.17, 15) is 9.59 Å². The van der Waals surface area contributed by atoms with Gasteiger partial charge in [-0.1, -0.05) is 11.8 Å². The zero-order valence-electron chi connectivity index (χ0n) is 11.0.